The normalized spacial score (nSPS) is 15.0. The molecule has 0 aliphatic heterocycles. The second kappa shape index (κ2) is 8.43. The molecule has 0 atom stereocenters. The summed E-state index contributed by atoms with van der Waals surface area (Å²) in [6, 6.07) is 25.5. The standard InChI is InChI=1S/C26H28O/c27-25-19-22(16-20-10-4-1-5-11-20)18-24(17-21-12-6-2-7-13-21)26(25)23-14-8-3-9-15-23/h1-2,4-7,10-13,18-19,23,27H,3,8-9,14-17H2. The molecular formula is C26H28O. The van der Waals surface area contributed by atoms with Gasteiger partial charge in [-0.05, 0) is 59.9 Å². The van der Waals surface area contributed by atoms with Crippen molar-refractivity contribution in [1.82, 2.24) is 0 Å². The number of aromatic hydroxyl groups is 1. The molecule has 0 bridgehead atoms. The highest BCUT2D eigenvalue weighted by molar-refractivity contribution is 5.48. The first-order valence-corrected chi connectivity index (χ1v) is 10.2. The molecule has 27 heavy (non-hydrogen) atoms. The zero-order chi connectivity index (χ0) is 18.5. The lowest BCUT2D eigenvalue weighted by atomic mass is 9.79. The summed E-state index contributed by atoms with van der Waals surface area (Å²) >= 11 is 0. The third kappa shape index (κ3) is 4.42. The van der Waals surface area contributed by atoms with Gasteiger partial charge >= 0.3 is 0 Å². The molecule has 0 saturated heterocycles. The van der Waals surface area contributed by atoms with Gasteiger partial charge < -0.3 is 5.11 Å². The maximum absolute atomic E-state index is 11.0. The van der Waals surface area contributed by atoms with Crippen molar-refractivity contribution >= 4 is 0 Å². The third-order valence-corrected chi connectivity index (χ3v) is 5.81. The van der Waals surface area contributed by atoms with Crippen LogP contribution in [0.1, 0.15) is 65.8 Å². The summed E-state index contributed by atoms with van der Waals surface area (Å²) in [6.45, 7) is 0. The van der Waals surface area contributed by atoms with Crippen LogP contribution >= 0.6 is 0 Å². The van der Waals surface area contributed by atoms with E-state index in [2.05, 4.69) is 60.7 Å². The summed E-state index contributed by atoms with van der Waals surface area (Å²) < 4.78 is 0. The molecule has 1 nitrogen and oxygen atoms in total. The van der Waals surface area contributed by atoms with Crippen LogP contribution in [0, 0.1) is 0 Å². The van der Waals surface area contributed by atoms with Crippen molar-refractivity contribution in [3.63, 3.8) is 0 Å². The van der Waals surface area contributed by atoms with Gasteiger partial charge in [0, 0.05) is 5.56 Å². The number of phenolic OH excluding ortho intramolecular Hbond substituents is 1. The lowest BCUT2D eigenvalue weighted by molar-refractivity contribution is 0.412. The van der Waals surface area contributed by atoms with Gasteiger partial charge in [0.25, 0.3) is 0 Å². The van der Waals surface area contributed by atoms with Crippen molar-refractivity contribution in [1.29, 1.82) is 0 Å². The lowest BCUT2D eigenvalue weighted by Gasteiger charge is -2.26. The average molecular weight is 357 g/mol. The Balaban J connectivity index is 1.70. The molecule has 0 amide bonds. The number of hydrogen-bond donors (Lipinski definition) is 1. The van der Waals surface area contributed by atoms with Crippen LogP contribution in [0.25, 0.3) is 0 Å². The summed E-state index contributed by atoms with van der Waals surface area (Å²) in [4.78, 5) is 0. The molecule has 0 spiro atoms. The van der Waals surface area contributed by atoms with E-state index in [1.165, 1.54) is 59.9 Å². The summed E-state index contributed by atoms with van der Waals surface area (Å²) in [7, 11) is 0. The Labute approximate surface area is 162 Å². The van der Waals surface area contributed by atoms with Crippen LogP contribution in [0.15, 0.2) is 72.8 Å². The molecular weight excluding hydrogens is 328 g/mol. The van der Waals surface area contributed by atoms with Crippen LogP contribution in [0.2, 0.25) is 0 Å². The fourth-order valence-electron chi connectivity index (χ4n) is 4.52. The molecule has 1 fully saturated rings. The first-order chi connectivity index (χ1) is 13.3. The Morgan fingerprint density at radius 3 is 1.89 bits per heavy atom. The molecule has 1 aliphatic carbocycles. The van der Waals surface area contributed by atoms with E-state index in [0.717, 1.165) is 12.8 Å². The minimum atomic E-state index is 0.501. The van der Waals surface area contributed by atoms with Gasteiger partial charge in [0.15, 0.2) is 0 Å². The topological polar surface area (TPSA) is 20.2 Å². The number of rotatable bonds is 5. The van der Waals surface area contributed by atoms with E-state index in [-0.39, 0.29) is 0 Å². The Bertz CT molecular complexity index is 861. The van der Waals surface area contributed by atoms with Crippen molar-refractivity contribution in [2.45, 2.75) is 50.9 Å². The van der Waals surface area contributed by atoms with Crippen molar-refractivity contribution in [2.24, 2.45) is 0 Å². The zero-order valence-corrected chi connectivity index (χ0v) is 15.9. The van der Waals surface area contributed by atoms with Crippen LogP contribution in [0.3, 0.4) is 0 Å². The largest absolute Gasteiger partial charge is 0.508 e. The second-order valence-electron chi connectivity index (χ2n) is 7.85. The fourth-order valence-corrected chi connectivity index (χ4v) is 4.52. The molecule has 4 rings (SSSR count). The van der Waals surface area contributed by atoms with Crippen LogP contribution in [-0.2, 0) is 12.8 Å². The highest BCUT2D eigenvalue weighted by Gasteiger charge is 2.22. The van der Waals surface area contributed by atoms with Crippen LogP contribution in [0.4, 0.5) is 0 Å². The first-order valence-electron chi connectivity index (χ1n) is 10.2. The molecule has 3 aromatic carbocycles. The van der Waals surface area contributed by atoms with Gasteiger partial charge in [-0.3, -0.25) is 0 Å². The van der Waals surface area contributed by atoms with Gasteiger partial charge in [-0.2, -0.15) is 0 Å². The van der Waals surface area contributed by atoms with Crippen LogP contribution in [0.5, 0.6) is 5.75 Å². The molecule has 0 heterocycles. The quantitative estimate of drug-likeness (QED) is 0.544. The van der Waals surface area contributed by atoms with Gasteiger partial charge in [-0.15, -0.1) is 0 Å². The van der Waals surface area contributed by atoms with Crippen molar-refractivity contribution < 1.29 is 5.11 Å². The molecule has 1 N–H and O–H groups in total. The van der Waals surface area contributed by atoms with Gasteiger partial charge in [-0.25, -0.2) is 0 Å². The maximum Gasteiger partial charge on any atom is 0.119 e. The predicted molar refractivity (Wildman–Crippen MR) is 112 cm³/mol. The van der Waals surface area contributed by atoms with E-state index in [4.69, 9.17) is 0 Å². The van der Waals surface area contributed by atoms with Crippen LogP contribution < -0.4 is 0 Å². The summed E-state index contributed by atoms with van der Waals surface area (Å²) in [5.41, 5.74) is 6.30. The molecule has 1 saturated carbocycles. The summed E-state index contributed by atoms with van der Waals surface area (Å²) in [6.07, 6.45) is 8.05. The minimum Gasteiger partial charge on any atom is -0.508 e. The fraction of sp³-hybridized carbons (Fsp3) is 0.308. The van der Waals surface area contributed by atoms with E-state index in [1.807, 2.05) is 12.1 Å². The molecule has 1 aliphatic rings. The van der Waals surface area contributed by atoms with Gasteiger partial charge in [-0.1, -0.05) is 86.0 Å². The molecule has 0 radical (unpaired) electrons. The van der Waals surface area contributed by atoms with E-state index in [0.29, 0.717) is 11.7 Å². The smallest absolute Gasteiger partial charge is 0.119 e. The number of benzene rings is 3. The van der Waals surface area contributed by atoms with Gasteiger partial charge in [0.1, 0.15) is 5.75 Å². The molecule has 1 heteroatoms. The first kappa shape index (κ1) is 17.9. The minimum absolute atomic E-state index is 0.501. The molecule has 0 aromatic heterocycles. The van der Waals surface area contributed by atoms with Gasteiger partial charge in [0.05, 0.1) is 0 Å². The monoisotopic (exact) mass is 356 g/mol. The molecule has 3 aromatic rings. The highest BCUT2D eigenvalue weighted by atomic mass is 16.3. The second-order valence-corrected chi connectivity index (χ2v) is 7.85. The lowest BCUT2D eigenvalue weighted by Crippen LogP contribution is -2.09. The summed E-state index contributed by atoms with van der Waals surface area (Å²) in [5.74, 6) is 1.00. The zero-order valence-electron chi connectivity index (χ0n) is 15.9. The van der Waals surface area contributed by atoms with Crippen LogP contribution in [-0.4, -0.2) is 5.11 Å². The van der Waals surface area contributed by atoms with Crippen molar-refractivity contribution in [3.8, 4) is 5.75 Å². The summed E-state index contributed by atoms with van der Waals surface area (Å²) in [5, 5.41) is 11.0. The molecule has 138 valence electrons. The Morgan fingerprint density at radius 2 is 1.26 bits per heavy atom. The van der Waals surface area contributed by atoms with E-state index < -0.39 is 0 Å². The van der Waals surface area contributed by atoms with Crippen molar-refractivity contribution in [2.75, 3.05) is 0 Å². The predicted octanol–water partition coefficient (Wildman–Crippen LogP) is 6.62. The van der Waals surface area contributed by atoms with E-state index >= 15 is 0 Å². The Hall–Kier alpha value is -2.54. The number of phenols is 1. The van der Waals surface area contributed by atoms with Crippen molar-refractivity contribution in [3.05, 3.63) is 101 Å². The van der Waals surface area contributed by atoms with E-state index in [9.17, 15) is 5.11 Å². The van der Waals surface area contributed by atoms with E-state index in [1.54, 1.807) is 0 Å². The number of hydrogen-bond acceptors (Lipinski definition) is 1. The van der Waals surface area contributed by atoms with Gasteiger partial charge in [0.2, 0.25) is 0 Å². The molecule has 0 unspecified atom stereocenters. The Kier molecular flexibility index (Phi) is 5.58. The highest BCUT2D eigenvalue weighted by Crippen LogP contribution is 2.40. The maximum atomic E-state index is 11.0. The SMILES string of the molecule is Oc1cc(Cc2ccccc2)cc(Cc2ccccc2)c1C1CCCCC1. The average Bonchev–Trinajstić information content (AvgIpc) is 2.70. The Morgan fingerprint density at radius 1 is 0.667 bits per heavy atom. The third-order valence-electron chi connectivity index (χ3n) is 5.81.